The fraction of sp³-hybridized carbons (Fsp3) is 0.333. The van der Waals surface area contributed by atoms with E-state index >= 15 is 0 Å². The second-order valence-electron chi connectivity index (χ2n) is 1.19. The molecule has 0 saturated carbocycles. The van der Waals surface area contributed by atoms with Crippen molar-refractivity contribution < 1.29 is 14.3 Å². The van der Waals surface area contributed by atoms with Gasteiger partial charge in [0.25, 0.3) is 6.79 Å². The van der Waals surface area contributed by atoms with Gasteiger partial charge in [-0.05, 0) is 6.92 Å². The van der Waals surface area contributed by atoms with Gasteiger partial charge < -0.3 is 9.47 Å². The highest BCUT2D eigenvalue weighted by Gasteiger charge is 1.92. The Bertz CT molecular complexity index is 98.5. The number of esters is 1. The van der Waals surface area contributed by atoms with Crippen molar-refractivity contribution in [2.45, 2.75) is 6.92 Å². The van der Waals surface area contributed by atoms with E-state index in [1.807, 2.05) is 0 Å². The summed E-state index contributed by atoms with van der Waals surface area (Å²) in [6.45, 7) is 6.46. The van der Waals surface area contributed by atoms with Crippen LogP contribution in [0.15, 0.2) is 12.7 Å². The Morgan fingerprint density at radius 2 is 2.44 bits per heavy atom. The number of carbonyl (C=O) groups excluding carboxylic acids is 1. The average molecular weight is 129 g/mol. The summed E-state index contributed by atoms with van der Waals surface area (Å²) < 4.78 is 8.92. The van der Waals surface area contributed by atoms with Crippen molar-refractivity contribution >= 4 is 5.97 Å². The smallest absolute Gasteiger partial charge is 0.332 e. The van der Waals surface area contributed by atoms with Crippen LogP contribution in [0.5, 0.6) is 0 Å². The molecule has 0 aromatic carbocycles. The van der Waals surface area contributed by atoms with Gasteiger partial charge in [-0.3, -0.25) is 0 Å². The van der Waals surface area contributed by atoms with Crippen molar-refractivity contribution in [2.24, 2.45) is 0 Å². The molecule has 0 aromatic rings. The lowest BCUT2D eigenvalue weighted by Gasteiger charge is -1.97. The molecule has 0 N–H and O–H groups in total. The van der Waals surface area contributed by atoms with E-state index in [0.717, 1.165) is 12.9 Å². The van der Waals surface area contributed by atoms with E-state index in [2.05, 4.69) is 16.1 Å². The molecule has 0 amide bonds. The number of ether oxygens (including phenoxy) is 2. The van der Waals surface area contributed by atoms with Crippen molar-refractivity contribution in [3.63, 3.8) is 0 Å². The van der Waals surface area contributed by atoms with Crippen LogP contribution in [0.2, 0.25) is 0 Å². The van der Waals surface area contributed by atoms with Crippen molar-refractivity contribution in [1.29, 1.82) is 0 Å². The Labute approximate surface area is 54.3 Å². The predicted octanol–water partition coefficient (Wildman–Crippen LogP) is 0.871. The molecule has 51 valence electrons. The van der Waals surface area contributed by atoms with Gasteiger partial charge in [-0.2, -0.15) is 0 Å². The molecule has 0 aliphatic carbocycles. The lowest BCUT2D eigenvalue weighted by molar-refractivity contribution is -0.140. The topological polar surface area (TPSA) is 35.5 Å². The Kier molecular flexibility index (Phi) is 4.82. The first kappa shape index (κ1) is 8.17. The molecule has 0 heterocycles. The van der Waals surface area contributed by atoms with Crippen LogP contribution in [0.1, 0.15) is 6.92 Å². The summed E-state index contributed by atoms with van der Waals surface area (Å²) in [5, 5.41) is 0. The molecule has 0 saturated heterocycles. The normalized spacial score (nSPS) is 8.56. The number of hydrogen-bond acceptors (Lipinski definition) is 3. The summed E-state index contributed by atoms with van der Waals surface area (Å²) in [5.74, 6) is -0.511. The summed E-state index contributed by atoms with van der Waals surface area (Å²) >= 11 is 0. The second kappa shape index (κ2) is 5.31. The highest BCUT2D eigenvalue weighted by atomic mass is 16.7. The van der Waals surface area contributed by atoms with E-state index in [-0.39, 0.29) is 0 Å². The number of hydrogen-bond donors (Lipinski definition) is 0. The van der Waals surface area contributed by atoms with Crippen LogP contribution in [0.3, 0.4) is 0 Å². The molecule has 9 heavy (non-hydrogen) atoms. The SMILES string of the molecule is C=CC(=O)O[CH]OCC. The minimum Gasteiger partial charge on any atom is -0.426 e. The third-order valence-electron chi connectivity index (χ3n) is 0.566. The van der Waals surface area contributed by atoms with Crippen LogP contribution in [0.25, 0.3) is 0 Å². The van der Waals surface area contributed by atoms with Crippen LogP contribution >= 0.6 is 0 Å². The van der Waals surface area contributed by atoms with Crippen molar-refractivity contribution in [1.82, 2.24) is 0 Å². The minimum atomic E-state index is -0.511. The minimum absolute atomic E-state index is 0.490. The molecule has 3 nitrogen and oxygen atoms in total. The lowest BCUT2D eigenvalue weighted by atomic mass is 10.7. The molecule has 0 bridgehead atoms. The predicted molar refractivity (Wildman–Crippen MR) is 32.2 cm³/mol. The standard InChI is InChI=1S/C6H9O3/c1-3-6(7)9-5-8-4-2/h3,5H,1,4H2,2H3. The quantitative estimate of drug-likeness (QED) is 0.321. The van der Waals surface area contributed by atoms with E-state index < -0.39 is 5.97 Å². The molecule has 0 spiro atoms. The summed E-state index contributed by atoms with van der Waals surface area (Å²) in [6.07, 6.45) is 1.06. The molecule has 3 heteroatoms. The van der Waals surface area contributed by atoms with Crippen molar-refractivity contribution in [2.75, 3.05) is 6.61 Å². The number of carbonyl (C=O) groups is 1. The first-order valence-electron chi connectivity index (χ1n) is 2.57. The molecule has 0 aliphatic rings. The maximum Gasteiger partial charge on any atom is 0.332 e. The molecular formula is C6H9O3. The highest BCUT2D eigenvalue weighted by molar-refractivity contribution is 5.81. The molecule has 0 fully saturated rings. The van der Waals surface area contributed by atoms with Crippen LogP contribution in [0, 0.1) is 6.79 Å². The van der Waals surface area contributed by atoms with Gasteiger partial charge in [0.05, 0.1) is 0 Å². The molecule has 1 radical (unpaired) electrons. The molecule has 0 unspecified atom stereocenters. The van der Waals surface area contributed by atoms with Gasteiger partial charge >= 0.3 is 5.97 Å². The summed E-state index contributed by atoms with van der Waals surface area (Å²) in [4.78, 5) is 10.2. The third kappa shape index (κ3) is 5.03. The first-order chi connectivity index (χ1) is 4.31. The van der Waals surface area contributed by atoms with Crippen LogP contribution < -0.4 is 0 Å². The molecule has 0 rings (SSSR count). The second-order valence-corrected chi connectivity index (χ2v) is 1.19. The Morgan fingerprint density at radius 1 is 1.78 bits per heavy atom. The first-order valence-corrected chi connectivity index (χ1v) is 2.57. The van der Waals surface area contributed by atoms with Crippen LogP contribution in [-0.2, 0) is 14.3 Å². The average Bonchev–Trinajstić information content (AvgIpc) is 1.89. The fourth-order valence-electron chi connectivity index (χ4n) is 0.198. The van der Waals surface area contributed by atoms with Crippen molar-refractivity contribution in [3.05, 3.63) is 19.4 Å². The van der Waals surface area contributed by atoms with Gasteiger partial charge in [0.2, 0.25) is 0 Å². The van der Waals surface area contributed by atoms with Crippen LogP contribution in [0.4, 0.5) is 0 Å². The maximum absolute atomic E-state index is 10.2. The van der Waals surface area contributed by atoms with Gasteiger partial charge in [0, 0.05) is 12.7 Å². The van der Waals surface area contributed by atoms with Gasteiger partial charge in [0.1, 0.15) is 0 Å². The monoisotopic (exact) mass is 129 g/mol. The molecule has 0 aromatic heterocycles. The Morgan fingerprint density at radius 3 is 2.89 bits per heavy atom. The van der Waals surface area contributed by atoms with E-state index in [1.165, 1.54) is 0 Å². The Balaban J connectivity index is 3.07. The molecular weight excluding hydrogens is 120 g/mol. The Hall–Kier alpha value is -0.830. The zero-order chi connectivity index (χ0) is 7.11. The van der Waals surface area contributed by atoms with Gasteiger partial charge in [0.15, 0.2) is 0 Å². The van der Waals surface area contributed by atoms with E-state index in [0.29, 0.717) is 6.61 Å². The maximum atomic E-state index is 10.2. The third-order valence-corrected chi connectivity index (χ3v) is 0.566. The van der Waals surface area contributed by atoms with Gasteiger partial charge in [-0.25, -0.2) is 4.79 Å². The zero-order valence-electron chi connectivity index (χ0n) is 5.29. The summed E-state index contributed by atoms with van der Waals surface area (Å²) in [6, 6.07) is 0. The summed E-state index contributed by atoms with van der Waals surface area (Å²) in [7, 11) is 0. The molecule has 0 aliphatic heterocycles. The van der Waals surface area contributed by atoms with E-state index in [1.54, 1.807) is 6.92 Å². The van der Waals surface area contributed by atoms with Crippen molar-refractivity contribution in [3.8, 4) is 0 Å². The number of rotatable bonds is 4. The van der Waals surface area contributed by atoms with Gasteiger partial charge in [-0.1, -0.05) is 6.58 Å². The molecule has 0 atom stereocenters. The lowest BCUT2D eigenvalue weighted by Crippen LogP contribution is -1.99. The van der Waals surface area contributed by atoms with E-state index in [4.69, 9.17) is 0 Å². The van der Waals surface area contributed by atoms with E-state index in [9.17, 15) is 4.79 Å². The largest absolute Gasteiger partial charge is 0.426 e. The fourth-order valence-corrected chi connectivity index (χ4v) is 0.198. The van der Waals surface area contributed by atoms with Gasteiger partial charge in [-0.15, -0.1) is 0 Å². The highest BCUT2D eigenvalue weighted by Crippen LogP contribution is 1.85. The summed E-state index contributed by atoms with van der Waals surface area (Å²) in [5.41, 5.74) is 0. The zero-order valence-corrected chi connectivity index (χ0v) is 5.29. The van der Waals surface area contributed by atoms with Crippen LogP contribution in [-0.4, -0.2) is 12.6 Å².